The second-order valence-electron chi connectivity index (χ2n) is 6.46. The van der Waals surface area contributed by atoms with E-state index in [0.717, 1.165) is 43.6 Å². The Morgan fingerprint density at radius 1 is 1.08 bits per heavy atom. The Labute approximate surface area is 154 Å². The quantitative estimate of drug-likeness (QED) is 0.770. The minimum absolute atomic E-state index is 0.213. The molecule has 0 unspecified atom stereocenters. The number of nitrogens with zero attached hydrogens (tertiary/aromatic N) is 3. The van der Waals surface area contributed by atoms with Crippen molar-refractivity contribution in [1.82, 2.24) is 9.80 Å². The second kappa shape index (κ2) is 8.21. The zero-order valence-electron chi connectivity index (χ0n) is 14.2. The van der Waals surface area contributed by atoms with E-state index in [4.69, 9.17) is 12.2 Å². The first kappa shape index (κ1) is 17.5. The number of benzene rings is 1. The SMILES string of the molecule is Cc1cccc(N2CCN(C(=O)CSC(=S)N3CCCC3)CC2)c1. The summed E-state index contributed by atoms with van der Waals surface area (Å²) in [5.74, 6) is 0.685. The third-order valence-electron chi connectivity index (χ3n) is 4.68. The van der Waals surface area contributed by atoms with Gasteiger partial charge in [0.2, 0.25) is 5.91 Å². The highest BCUT2D eigenvalue weighted by atomic mass is 32.2. The van der Waals surface area contributed by atoms with E-state index >= 15 is 0 Å². The molecular formula is C18H25N3OS2. The third kappa shape index (κ3) is 4.42. The fraction of sp³-hybridized carbons (Fsp3) is 0.556. The normalized spacial score (nSPS) is 18.1. The maximum Gasteiger partial charge on any atom is 0.233 e. The molecule has 0 radical (unpaired) electrons. The highest BCUT2D eigenvalue weighted by Gasteiger charge is 2.22. The first-order chi connectivity index (χ1) is 11.6. The van der Waals surface area contributed by atoms with Crippen molar-refractivity contribution in [3.8, 4) is 0 Å². The summed E-state index contributed by atoms with van der Waals surface area (Å²) in [7, 11) is 0. The fourth-order valence-corrected chi connectivity index (χ4v) is 4.40. The monoisotopic (exact) mass is 363 g/mol. The van der Waals surface area contributed by atoms with Crippen molar-refractivity contribution >= 4 is 39.9 Å². The molecule has 1 aromatic carbocycles. The van der Waals surface area contributed by atoms with Crippen molar-refractivity contribution in [2.75, 3.05) is 49.9 Å². The van der Waals surface area contributed by atoms with Gasteiger partial charge in [-0.25, -0.2) is 0 Å². The van der Waals surface area contributed by atoms with Crippen molar-refractivity contribution < 1.29 is 4.79 Å². The van der Waals surface area contributed by atoms with E-state index in [1.165, 1.54) is 35.9 Å². The lowest BCUT2D eigenvalue weighted by Crippen LogP contribution is -2.49. The molecule has 1 aromatic rings. The average molecular weight is 364 g/mol. The van der Waals surface area contributed by atoms with E-state index < -0.39 is 0 Å². The van der Waals surface area contributed by atoms with E-state index in [1.54, 1.807) is 0 Å². The molecule has 2 saturated heterocycles. The van der Waals surface area contributed by atoms with Crippen LogP contribution < -0.4 is 4.90 Å². The Morgan fingerprint density at radius 2 is 1.79 bits per heavy atom. The summed E-state index contributed by atoms with van der Waals surface area (Å²) in [6.07, 6.45) is 2.44. The number of carbonyl (C=O) groups is 1. The lowest BCUT2D eigenvalue weighted by Gasteiger charge is -2.36. The van der Waals surface area contributed by atoms with Crippen molar-refractivity contribution in [3.05, 3.63) is 29.8 Å². The van der Waals surface area contributed by atoms with Gasteiger partial charge in [0.25, 0.3) is 0 Å². The van der Waals surface area contributed by atoms with Crippen LogP contribution in [0.5, 0.6) is 0 Å². The van der Waals surface area contributed by atoms with E-state index in [-0.39, 0.29) is 5.91 Å². The standard InChI is InChI=1S/C18H25N3OS2/c1-15-5-4-6-16(13-15)19-9-11-20(12-10-19)17(22)14-24-18(23)21-7-2-3-8-21/h4-6,13H,2-3,7-12,14H2,1H3. The van der Waals surface area contributed by atoms with E-state index in [0.29, 0.717) is 5.75 Å². The van der Waals surface area contributed by atoms with Crippen molar-refractivity contribution in [2.45, 2.75) is 19.8 Å². The predicted molar refractivity (Wildman–Crippen MR) is 106 cm³/mol. The summed E-state index contributed by atoms with van der Waals surface area (Å²) in [5, 5.41) is 0. The summed E-state index contributed by atoms with van der Waals surface area (Å²) in [6, 6.07) is 8.57. The van der Waals surface area contributed by atoms with Crippen LogP contribution in [0.2, 0.25) is 0 Å². The Kier molecular flexibility index (Phi) is 6.00. The highest BCUT2D eigenvalue weighted by molar-refractivity contribution is 8.23. The van der Waals surface area contributed by atoms with Crippen molar-refractivity contribution in [3.63, 3.8) is 0 Å². The van der Waals surface area contributed by atoms with Gasteiger partial charge in [-0.3, -0.25) is 4.79 Å². The molecule has 2 aliphatic heterocycles. The summed E-state index contributed by atoms with van der Waals surface area (Å²) >= 11 is 6.97. The fourth-order valence-electron chi connectivity index (χ4n) is 3.24. The van der Waals surface area contributed by atoms with E-state index in [1.807, 2.05) is 4.90 Å². The number of anilines is 1. The maximum absolute atomic E-state index is 12.4. The number of carbonyl (C=O) groups excluding carboxylic acids is 1. The number of hydrogen-bond acceptors (Lipinski definition) is 4. The number of rotatable bonds is 3. The number of piperazine rings is 1. The highest BCUT2D eigenvalue weighted by Crippen LogP contribution is 2.19. The Bertz CT molecular complexity index is 594. The molecule has 1 amide bonds. The zero-order chi connectivity index (χ0) is 16.9. The van der Waals surface area contributed by atoms with Gasteiger partial charge in [0.15, 0.2) is 0 Å². The van der Waals surface area contributed by atoms with Crippen molar-refractivity contribution in [1.29, 1.82) is 0 Å². The first-order valence-corrected chi connectivity index (χ1v) is 10.0. The van der Waals surface area contributed by atoms with Crippen LogP contribution in [0.15, 0.2) is 24.3 Å². The molecule has 4 nitrogen and oxygen atoms in total. The van der Waals surface area contributed by atoms with E-state index in [2.05, 4.69) is 41.0 Å². The Balaban J connectivity index is 1.44. The molecule has 0 aromatic heterocycles. The number of thioether (sulfide) groups is 1. The van der Waals surface area contributed by atoms with Gasteiger partial charge in [0, 0.05) is 45.0 Å². The van der Waals surface area contributed by atoms with Gasteiger partial charge in [0.1, 0.15) is 4.32 Å². The minimum atomic E-state index is 0.213. The minimum Gasteiger partial charge on any atom is -0.368 e. The maximum atomic E-state index is 12.4. The van der Waals surface area contributed by atoms with Crippen molar-refractivity contribution in [2.24, 2.45) is 0 Å². The molecular weight excluding hydrogens is 338 g/mol. The summed E-state index contributed by atoms with van der Waals surface area (Å²) < 4.78 is 0.888. The molecule has 0 atom stereocenters. The molecule has 2 aliphatic rings. The van der Waals surface area contributed by atoms with Crippen LogP contribution in [0.4, 0.5) is 5.69 Å². The number of likely N-dealkylation sites (tertiary alicyclic amines) is 1. The van der Waals surface area contributed by atoms with Gasteiger partial charge in [-0.1, -0.05) is 36.1 Å². The zero-order valence-corrected chi connectivity index (χ0v) is 15.9. The van der Waals surface area contributed by atoms with Gasteiger partial charge in [-0.15, -0.1) is 0 Å². The number of hydrogen-bond donors (Lipinski definition) is 0. The molecule has 6 heteroatoms. The van der Waals surface area contributed by atoms with Gasteiger partial charge >= 0.3 is 0 Å². The smallest absolute Gasteiger partial charge is 0.233 e. The molecule has 0 saturated carbocycles. The van der Waals surface area contributed by atoms with Crippen LogP contribution >= 0.6 is 24.0 Å². The lowest BCUT2D eigenvalue weighted by atomic mass is 10.2. The Hall–Kier alpha value is -1.27. The first-order valence-electron chi connectivity index (χ1n) is 8.64. The molecule has 24 heavy (non-hydrogen) atoms. The summed E-state index contributed by atoms with van der Waals surface area (Å²) in [4.78, 5) is 19.0. The molecule has 130 valence electrons. The molecule has 0 bridgehead atoms. The van der Waals surface area contributed by atoms with Crippen LogP contribution in [0.3, 0.4) is 0 Å². The molecule has 2 heterocycles. The summed E-state index contributed by atoms with van der Waals surface area (Å²) in [5.41, 5.74) is 2.53. The number of aryl methyl sites for hydroxylation is 1. The third-order valence-corrected chi connectivity index (χ3v) is 6.19. The average Bonchev–Trinajstić information content (AvgIpc) is 3.14. The van der Waals surface area contributed by atoms with Gasteiger partial charge in [0.05, 0.1) is 5.75 Å². The van der Waals surface area contributed by atoms with Gasteiger partial charge in [-0.05, 0) is 37.5 Å². The van der Waals surface area contributed by atoms with Crippen LogP contribution in [0.1, 0.15) is 18.4 Å². The second-order valence-corrected chi connectivity index (χ2v) is 8.06. The van der Waals surface area contributed by atoms with Gasteiger partial charge < -0.3 is 14.7 Å². The summed E-state index contributed by atoms with van der Waals surface area (Å²) in [6.45, 7) is 7.61. The van der Waals surface area contributed by atoms with Crippen LogP contribution in [0, 0.1) is 6.92 Å². The Morgan fingerprint density at radius 3 is 2.46 bits per heavy atom. The van der Waals surface area contributed by atoms with Crippen LogP contribution in [-0.4, -0.2) is 65.0 Å². The largest absolute Gasteiger partial charge is 0.368 e. The van der Waals surface area contributed by atoms with Crippen LogP contribution in [-0.2, 0) is 4.79 Å². The van der Waals surface area contributed by atoms with Crippen LogP contribution in [0.25, 0.3) is 0 Å². The molecule has 0 spiro atoms. The lowest BCUT2D eigenvalue weighted by molar-refractivity contribution is -0.128. The molecule has 2 fully saturated rings. The number of amides is 1. The van der Waals surface area contributed by atoms with E-state index in [9.17, 15) is 4.79 Å². The number of thiocarbonyl (C=S) groups is 1. The van der Waals surface area contributed by atoms with Gasteiger partial charge in [-0.2, -0.15) is 0 Å². The topological polar surface area (TPSA) is 26.8 Å². The molecule has 0 aliphatic carbocycles. The predicted octanol–water partition coefficient (Wildman–Crippen LogP) is 2.76. The molecule has 0 N–H and O–H groups in total. The molecule has 3 rings (SSSR count).